The summed E-state index contributed by atoms with van der Waals surface area (Å²) in [6.45, 7) is 3.98. The second-order valence-electron chi connectivity index (χ2n) is 5.67. The van der Waals surface area contributed by atoms with E-state index in [1.54, 1.807) is 4.68 Å². The molecule has 0 spiro atoms. The van der Waals surface area contributed by atoms with Crippen molar-refractivity contribution in [2.45, 2.75) is 13.8 Å². The number of aliphatic imine (C=N–C) groups is 1. The van der Waals surface area contributed by atoms with Gasteiger partial charge in [-0.1, -0.05) is 29.5 Å². The van der Waals surface area contributed by atoms with Crippen LogP contribution in [-0.4, -0.2) is 20.7 Å². The summed E-state index contributed by atoms with van der Waals surface area (Å²) < 4.78 is 4.20. The highest BCUT2D eigenvalue weighted by Crippen LogP contribution is 2.36. The largest absolute Gasteiger partial charge is 0.492 e. The van der Waals surface area contributed by atoms with E-state index in [1.807, 2.05) is 67.2 Å². The first-order valence-corrected chi connectivity index (χ1v) is 8.74. The number of hydrogen-bond donors (Lipinski definition) is 1. The van der Waals surface area contributed by atoms with Crippen LogP contribution in [0.4, 0.5) is 5.69 Å². The van der Waals surface area contributed by atoms with E-state index in [0.717, 1.165) is 33.1 Å². The Hall–Kier alpha value is -2.44. The maximum Gasteiger partial charge on any atom is 0.230 e. The molecule has 2 aromatic heterocycles. The average Bonchev–Trinajstić information content (AvgIpc) is 3.20. The Balaban J connectivity index is 1.86. The molecule has 1 aromatic carbocycles. The number of para-hydroxylation sites is 1. The van der Waals surface area contributed by atoms with E-state index in [0.29, 0.717) is 3.95 Å². The van der Waals surface area contributed by atoms with E-state index in [-0.39, 0.29) is 5.88 Å². The molecule has 0 bridgehead atoms. The standard InChI is InChI=1S/C18H15N3OS2/c1-11-7-8-12(2)20(11)21-17(22)16(24-18(21)23)9-13-10-19-15-6-4-3-5-14(13)15/h3-10,22H,1-2H3. The van der Waals surface area contributed by atoms with Crippen LogP contribution in [0.3, 0.4) is 0 Å². The number of aromatic hydroxyl groups is 1. The van der Waals surface area contributed by atoms with Gasteiger partial charge in [-0.05, 0) is 50.3 Å². The smallest absolute Gasteiger partial charge is 0.230 e. The second kappa shape index (κ2) is 5.58. The summed E-state index contributed by atoms with van der Waals surface area (Å²) in [4.78, 5) is 5.13. The summed E-state index contributed by atoms with van der Waals surface area (Å²) in [7, 11) is 0. The molecule has 3 heterocycles. The second-order valence-corrected chi connectivity index (χ2v) is 7.35. The fourth-order valence-electron chi connectivity index (χ4n) is 2.92. The van der Waals surface area contributed by atoms with Crippen LogP contribution >= 0.6 is 23.6 Å². The van der Waals surface area contributed by atoms with Gasteiger partial charge < -0.3 is 5.11 Å². The van der Waals surface area contributed by atoms with Crippen LogP contribution < -0.4 is 0 Å². The van der Waals surface area contributed by atoms with Gasteiger partial charge in [-0.3, -0.25) is 9.67 Å². The Bertz CT molecular complexity index is 1050. The predicted molar refractivity (Wildman–Crippen MR) is 102 cm³/mol. The van der Waals surface area contributed by atoms with Crippen molar-refractivity contribution in [1.29, 1.82) is 0 Å². The van der Waals surface area contributed by atoms with E-state index in [1.165, 1.54) is 11.3 Å². The number of aryl methyl sites for hydroxylation is 2. The zero-order valence-corrected chi connectivity index (χ0v) is 14.9. The van der Waals surface area contributed by atoms with Gasteiger partial charge in [-0.15, -0.1) is 0 Å². The number of thiazole rings is 1. The molecule has 0 aliphatic carbocycles. The molecule has 1 N–H and O–H groups in total. The molecule has 0 unspecified atom stereocenters. The summed E-state index contributed by atoms with van der Waals surface area (Å²) in [5.41, 5.74) is 5.03. The number of benzene rings is 1. The van der Waals surface area contributed by atoms with Gasteiger partial charge in [0, 0.05) is 28.7 Å². The monoisotopic (exact) mass is 353 g/mol. The molecule has 0 atom stereocenters. The molecule has 6 heteroatoms. The molecule has 0 amide bonds. The SMILES string of the molecule is Cc1ccc(C)n1-n1c(O)c(C=C2C=Nc3ccccc32)sc1=S. The Morgan fingerprint density at radius 3 is 2.54 bits per heavy atom. The Morgan fingerprint density at radius 2 is 1.79 bits per heavy atom. The van der Waals surface area contributed by atoms with Crippen LogP contribution in [-0.2, 0) is 0 Å². The minimum atomic E-state index is 0.151. The molecule has 3 aromatic rings. The molecule has 0 fully saturated rings. The first-order valence-electron chi connectivity index (χ1n) is 7.52. The molecule has 1 aliphatic rings. The van der Waals surface area contributed by atoms with Crippen LogP contribution in [0.25, 0.3) is 11.6 Å². The predicted octanol–water partition coefficient (Wildman–Crippen LogP) is 4.97. The van der Waals surface area contributed by atoms with Crippen LogP contribution in [0.15, 0.2) is 41.4 Å². The van der Waals surface area contributed by atoms with Crippen LogP contribution in [0.5, 0.6) is 5.88 Å². The van der Waals surface area contributed by atoms with Gasteiger partial charge in [0.2, 0.25) is 5.88 Å². The summed E-state index contributed by atoms with van der Waals surface area (Å²) in [5, 5.41) is 10.7. The van der Waals surface area contributed by atoms with Gasteiger partial charge in [0.1, 0.15) is 0 Å². The number of rotatable bonds is 2. The van der Waals surface area contributed by atoms with Gasteiger partial charge >= 0.3 is 0 Å². The number of aromatic nitrogens is 2. The zero-order valence-electron chi connectivity index (χ0n) is 13.2. The summed E-state index contributed by atoms with van der Waals surface area (Å²) in [6.07, 6.45) is 3.76. The number of hydrogen-bond acceptors (Lipinski definition) is 4. The van der Waals surface area contributed by atoms with Gasteiger partial charge in [-0.25, -0.2) is 0 Å². The van der Waals surface area contributed by atoms with E-state index in [4.69, 9.17) is 12.2 Å². The van der Waals surface area contributed by atoms with Crippen molar-refractivity contribution in [2.75, 3.05) is 0 Å². The van der Waals surface area contributed by atoms with Gasteiger partial charge in [0.15, 0.2) is 3.95 Å². The van der Waals surface area contributed by atoms with E-state index < -0.39 is 0 Å². The van der Waals surface area contributed by atoms with E-state index >= 15 is 0 Å². The molecule has 120 valence electrons. The van der Waals surface area contributed by atoms with Crippen molar-refractivity contribution in [3.05, 3.63) is 62.2 Å². The molecule has 0 saturated carbocycles. The lowest BCUT2D eigenvalue weighted by atomic mass is 10.1. The number of fused-ring (bicyclic) bond motifs is 1. The third-order valence-electron chi connectivity index (χ3n) is 4.07. The number of allylic oxidation sites excluding steroid dienone is 1. The molecule has 0 saturated heterocycles. The lowest BCUT2D eigenvalue weighted by molar-refractivity contribution is 0.399. The fourth-order valence-corrected chi connectivity index (χ4v) is 4.16. The van der Waals surface area contributed by atoms with Crippen LogP contribution in [0.2, 0.25) is 0 Å². The molecular weight excluding hydrogens is 338 g/mol. The highest BCUT2D eigenvalue weighted by Gasteiger charge is 2.17. The quantitative estimate of drug-likeness (QED) is 0.661. The third-order valence-corrected chi connectivity index (χ3v) is 5.36. The summed E-state index contributed by atoms with van der Waals surface area (Å²) >= 11 is 6.87. The van der Waals surface area contributed by atoms with Crippen molar-refractivity contribution in [3.63, 3.8) is 0 Å². The maximum absolute atomic E-state index is 10.7. The van der Waals surface area contributed by atoms with Crippen molar-refractivity contribution >= 4 is 47.1 Å². The topological polar surface area (TPSA) is 42.5 Å². The summed E-state index contributed by atoms with van der Waals surface area (Å²) in [6, 6.07) is 12.0. The van der Waals surface area contributed by atoms with Crippen LogP contribution in [0, 0.1) is 17.8 Å². The van der Waals surface area contributed by atoms with Gasteiger partial charge in [0.25, 0.3) is 0 Å². The van der Waals surface area contributed by atoms with Gasteiger partial charge in [0.05, 0.1) is 10.6 Å². The minimum Gasteiger partial charge on any atom is -0.492 e. The lowest BCUT2D eigenvalue weighted by Crippen LogP contribution is -2.11. The van der Waals surface area contributed by atoms with Crippen molar-refractivity contribution in [1.82, 2.24) is 9.35 Å². The molecule has 4 rings (SSSR count). The van der Waals surface area contributed by atoms with Crippen molar-refractivity contribution < 1.29 is 5.11 Å². The van der Waals surface area contributed by atoms with E-state index in [2.05, 4.69) is 4.99 Å². The Kier molecular flexibility index (Phi) is 3.51. The molecular formula is C18H15N3OS2. The third kappa shape index (κ3) is 2.26. The highest BCUT2D eigenvalue weighted by atomic mass is 32.1. The van der Waals surface area contributed by atoms with Crippen molar-refractivity contribution in [2.24, 2.45) is 4.99 Å². The Morgan fingerprint density at radius 1 is 1.08 bits per heavy atom. The fraction of sp³-hybridized carbons (Fsp3) is 0.111. The summed E-state index contributed by atoms with van der Waals surface area (Å²) in [5.74, 6) is 0.151. The van der Waals surface area contributed by atoms with Crippen LogP contribution in [0.1, 0.15) is 21.8 Å². The van der Waals surface area contributed by atoms with Crippen molar-refractivity contribution in [3.8, 4) is 5.88 Å². The minimum absolute atomic E-state index is 0.151. The maximum atomic E-state index is 10.7. The zero-order chi connectivity index (χ0) is 16.8. The first kappa shape index (κ1) is 15.1. The molecule has 4 nitrogen and oxygen atoms in total. The highest BCUT2D eigenvalue weighted by molar-refractivity contribution is 7.73. The van der Waals surface area contributed by atoms with Gasteiger partial charge in [-0.2, -0.15) is 4.68 Å². The average molecular weight is 353 g/mol. The van der Waals surface area contributed by atoms with E-state index in [9.17, 15) is 5.11 Å². The first-order chi connectivity index (χ1) is 11.6. The number of nitrogens with zero attached hydrogens (tertiary/aromatic N) is 3. The molecule has 0 radical (unpaired) electrons. The normalized spacial score (nSPS) is 14.5. The lowest BCUT2D eigenvalue weighted by Gasteiger charge is -2.11. The Labute approximate surface area is 148 Å². The molecule has 24 heavy (non-hydrogen) atoms. The molecule has 1 aliphatic heterocycles.